The van der Waals surface area contributed by atoms with Gasteiger partial charge in [0.25, 0.3) is 0 Å². The van der Waals surface area contributed by atoms with Crippen molar-refractivity contribution in [2.24, 2.45) is 5.41 Å². The van der Waals surface area contributed by atoms with Crippen LogP contribution in [0.5, 0.6) is 5.75 Å². The van der Waals surface area contributed by atoms with Gasteiger partial charge in [-0.2, -0.15) is 0 Å². The maximum atomic E-state index is 10.0. The van der Waals surface area contributed by atoms with Crippen molar-refractivity contribution in [3.05, 3.63) is 29.8 Å². The van der Waals surface area contributed by atoms with Crippen LogP contribution in [0.15, 0.2) is 24.3 Å². The van der Waals surface area contributed by atoms with Gasteiger partial charge in [-0.15, -0.1) is 0 Å². The van der Waals surface area contributed by atoms with Crippen molar-refractivity contribution in [1.82, 2.24) is 5.32 Å². The molecule has 1 aromatic rings. The minimum absolute atomic E-state index is 0.344. The van der Waals surface area contributed by atoms with Crippen LogP contribution in [0.3, 0.4) is 0 Å². The molecule has 21 heavy (non-hydrogen) atoms. The van der Waals surface area contributed by atoms with Crippen LogP contribution in [-0.2, 0) is 6.42 Å². The average molecular weight is 291 g/mol. The summed E-state index contributed by atoms with van der Waals surface area (Å²) in [7, 11) is 0. The van der Waals surface area contributed by atoms with Crippen LogP contribution in [-0.4, -0.2) is 30.9 Å². The first-order valence-corrected chi connectivity index (χ1v) is 8.22. The number of aryl methyl sites for hydroxylation is 1. The molecule has 2 rings (SSSR count). The highest BCUT2D eigenvalue weighted by molar-refractivity contribution is 5.28. The maximum Gasteiger partial charge on any atom is 0.119 e. The van der Waals surface area contributed by atoms with Gasteiger partial charge in [0.05, 0.1) is 0 Å². The van der Waals surface area contributed by atoms with Crippen LogP contribution >= 0.6 is 0 Å². The predicted octanol–water partition coefficient (Wildman–Crippen LogP) is 3.16. The molecular weight excluding hydrogens is 262 g/mol. The normalized spacial score (nSPS) is 18.6. The van der Waals surface area contributed by atoms with Gasteiger partial charge in [0.1, 0.15) is 18.5 Å². The summed E-state index contributed by atoms with van der Waals surface area (Å²) in [6.45, 7) is 6.41. The zero-order valence-electron chi connectivity index (χ0n) is 13.4. The Kier molecular flexibility index (Phi) is 6.07. The Morgan fingerprint density at radius 3 is 2.81 bits per heavy atom. The van der Waals surface area contributed by atoms with E-state index in [1.165, 1.54) is 31.2 Å². The van der Waals surface area contributed by atoms with E-state index in [-0.39, 0.29) is 0 Å². The molecule has 0 radical (unpaired) electrons. The van der Waals surface area contributed by atoms with Crippen molar-refractivity contribution >= 4 is 0 Å². The SMILES string of the molecule is CCc1cccc(OCC(O)CNCC2(C)CCCC2)c1. The molecule has 1 fully saturated rings. The van der Waals surface area contributed by atoms with Crippen molar-refractivity contribution in [2.45, 2.75) is 52.1 Å². The van der Waals surface area contributed by atoms with Gasteiger partial charge < -0.3 is 15.2 Å². The lowest BCUT2D eigenvalue weighted by Gasteiger charge is -2.24. The number of nitrogens with one attached hydrogen (secondary N) is 1. The van der Waals surface area contributed by atoms with Crippen molar-refractivity contribution in [1.29, 1.82) is 0 Å². The molecular formula is C18H29NO2. The fraction of sp³-hybridized carbons (Fsp3) is 0.667. The van der Waals surface area contributed by atoms with Gasteiger partial charge in [0.15, 0.2) is 0 Å². The first-order valence-electron chi connectivity index (χ1n) is 8.22. The molecule has 0 aliphatic heterocycles. The molecule has 1 aromatic carbocycles. The Bertz CT molecular complexity index is 427. The van der Waals surface area contributed by atoms with E-state index in [4.69, 9.17) is 4.74 Å². The van der Waals surface area contributed by atoms with E-state index in [0.29, 0.717) is 18.6 Å². The van der Waals surface area contributed by atoms with Crippen LogP contribution in [0.25, 0.3) is 0 Å². The number of aliphatic hydroxyl groups excluding tert-OH is 1. The molecule has 0 saturated heterocycles. The van der Waals surface area contributed by atoms with Crippen LogP contribution < -0.4 is 10.1 Å². The van der Waals surface area contributed by atoms with E-state index >= 15 is 0 Å². The highest BCUT2D eigenvalue weighted by Crippen LogP contribution is 2.36. The molecule has 1 unspecified atom stereocenters. The van der Waals surface area contributed by atoms with Gasteiger partial charge >= 0.3 is 0 Å². The minimum Gasteiger partial charge on any atom is -0.491 e. The standard InChI is InChI=1S/C18H29NO2/c1-3-15-7-6-8-17(11-15)21-13-16(20)12-19-14-18(2)9-4-5-10-18/h6-8,11,16,19-20H,3-5,9-10,12-14H2,1-2H3. The van der Waals surface area contributed by atoms with Gasteiger partial charge in [-0.3, -0.25) is 0 Å². The fourth-order valence-corrected chi connectivity index (χ4v) is 3.05. The van der Waals surface area contributed by atoms with Crippen LogP contribution in [0, 0.1) is 5.41 Å². The first kappa shape index (κ1) is 16.3. The molecule has 0 heterocycles. The average Bonchev–Trinajstić information content (AvgIpc) is 2.92. The molecule has 2 N–H and O–H groups in total. The molecule has 0 spiro atoms. The Hall–Kier alpha value is -1.06. The number of rotatable bonds is 8. The Morgan fingerprint density at radius 1 is 1.33 bits per heavy atom. The van der Waals surface area contributed by atoms with E-state index < -0.39 is 6.10 Å². The van der Waals surface area contributed by atoms with Gasteiger partial charge in [-0.25, -0.2) is 0 Å². The number of hydrogen-bond acceptors (Lipinski definition) is 3. The second-order valence-electron chi connectivity index (χ2n) is 6.61. The molecule has 118 valence electrons. The lowest BCUT2D eigenvalue weighted by Crippen LogP contribution is -2.37. The van der Waals surface area contributed by atoms with E-state index in [1.54, 1.807) is 0 Å². The fourth-order valence-electron chi connectivity index (χ4n) is 3.05. The number of aliphatic hydroxyl groups is 1. The van der Waals surface area contributed by atoms with Crippen molar-refractivity contribution in [3.63, 3.8) is 0 Å². The number of hydrogen-bond donors (Lipinski definition) is 2. The molecule has 0 aromatic heterocycles. The van der Waals surface area contributed by atoms with Gasteiger partial charge in [-0.1, -0.05) is 38.8 Å². The molecule has 3 heteroatoms. The summed E-state index contributed by atoms with van der Waals surface area (Å²) in [5.41, 5.74) is 1.69. The quantitative estimate of drug-likeness (QED) is 0.773. The molecule has 1 saturated carbocycles. The summed E-state index contributed by atoms with van der Waals surface area (Å²) < 4.78 is 5.67. The van der Waals surface area contributed by atoms with E-state index in [2.05, 4.69) is 25.2 Å². The number of ether oxygens (including phenoxy) is 1. The Morgan fingerprint density at radius 2 is 2.10 bits per heavy atom. The van der Waals surface area contributed by atoms with Crippen molar-refractivity contribution < 1.29 is 9.84 Å². The predicted molar refractivity (Wildman–Crippen MR) is 86.8 cm³/mol. The van der Waals surface area contributed by atoms with Gasteiger partial charge in [-0.05, 0) is 42.4 Å². The summed E-state index contributed by atoms with van der Waals surface area (Å²) >= 11 is 0. The monoisotopic (exact) mass is 291 g/mol. The maximum absolute atomic E-state index is 10.0. The summed E-state index contributed by atoms with van der Waals surface area (Å²) in [6, 6.07) is 8.07. The van der Waals surface area contributed by atoms with Crippen LogP contribution in [0.4, 0.5) is 0 Å². The molecule has 3 nitrogen and oxygen atoms in total. The van der Waals surface area contributed by atoms with Crippen LogP contribution in [0.2, 0.25) is 0 Å². The lowest BCUT2D eigenvalue weighted by molar-refractivity contribution is 0.103. The zero-order chi connectivity index (χ0) is 15.1. The second kappa shape index (κ2) is 7.81. The smallest absolute Gasteiger partial charge is 0.119 e. The third kappa shape index (κ3) is 5.33. The van der Waals surface area contributed by atoms with E-state index in [9.17, 15) is 5.11 Å². The topological polar surface area (TPSA) is 41.5 Å². The van der Waals surface area contributed by atoms with Crippen LogP contribution in [0.1, 0.15) is 45.1 Å². The minimum atomic E-state index is -0.458. The molecule has 1 atom stereocenters. The third-order valence-electron chi connectivity index (χ3n) is 4.49. The lowest BCUT2D eigenvalue weighted by atomic mass is 9.89. The summed E-state index contributed by atoms with van der Waals surface area (Å²) in [5, 5.41) is 13.4. The molecule has 1 aliphatic carbocycles. The van der Waals surface area contributed by atoms with Gasteiger partial charge in [0, 0.05) is 13.1 Å². The first-order chi connectivity index (χ1) is 10.1. The van der Waals surface area contributed by atoms with Crippen molar-refractivity contribution in [3.8, 4) is 5.75 Å². The summed E-state index contributed by atoms with van der Waals surface area (Å²) in [4.78, 5) is 0. The van der Waals surface area contributed by atoms with E-state index in [1.807, 2.05) is 18.2 Å². The molecule has 1 aliphatic rings. The van der Waals surface area contributed by atoms with Gasteiger partial charge in [0.2, 0.25) is 0 Å². The Labute approximate surface area is 128 Å². The summed E-state index contributed by atoms with van der Waals surface area (Å²) in [5.74, 6) is 0.844. The van der Waals surface area contributed by atoms with Crippen molar-refractivity contribution in [2.75, 3.05) is 19.7 Å². The largest absolute Gasteiger partial charge is 0.491 e. The highest BCUT2D eigenvalue weighted by atomic mass is 16.5. The third-order valence-corrected chi connectivity index (χ3v) is 4.49. The summed E-state index contributed by atoms with van der Waals surface area (Å²) in [6.07, 6.45) is 5.84. The second-order valence-corrected chi connectivity index (χ2v) is 6.61. The Balaban J connectivity index is 1.66. The van der Waals surface area contributed by atoms with E-state index in [0.717, 1.165) is 18.7 Å². The number of benzene rings is 1. The molecule has 0 amide bonds. The zero-order valence-corrected chi connectivity index (χ0v) is 13.4. The highest BCUT2D eigenvalue weighted by Gasteiger charge is 2.28. The molecule has 0 bridgehead atoms.